The summed E-state index contributed by atoms with van der Waals surface area (Å²) in [6, 6.07) is 4.44. The first-order chi connectivity index (χ1) is 11.7. The fraction of sp³-hybridized carbons (Fsp3) is 0.375. The number of amides is 1. The van der Waals surface area contributed by atoms with Gasteiger partial charge in [0.25, 0.3) is 5.91 Å². The zero-order valence-corrected chi connectivity index (χ0v) is 16.2. The summed E-state index contributed by atoms with van der Waals surface area (Å²) in [7, 11) is -3.48. The quantitative estimate of drug-likeness (QED) is 0.822. The number of rotatable bonds is 4. The first kappa shape index (κ1) is 18.2. The molecule has 1 aromatic carbocycles. The molecule has 1 aromatic heterocycles. The predicted octanol–water partition coefficient (Wildman–Crippen LogP) is 3.55. The van der Waals surface area contributed by atoms with Gasteiger partial charge in [0, 0.05) is 10.4 Å². The number of hydrogen-bond donors (Lipinski definition) is 2. The fourth-order valence-corrected chi connectivity index (χ4v) is 4.66. The van der Waals surface area contributed by atoms with Crippen LogP contribution in [0.2, 0.25) is 5.02 Å². The monoisotopic (exact) mass is 399 g/mol. The van der Waals surface area contributed by atoms with Crippen molar-refractivity contribution in [2.24, 2.45) is 5.92 Å². The Balaban J connectivity index is 1.79. The zero-order chi connectivity index (χ0) is 18.2. The van der Waals surface area contributed by atoms with Gasteiger partial charge >= 0.3 is 0 Å². The van der Waals surface area contributed by atoms with Crippen molar-refractivity contribution in [3.05, 3.63) is 39.4 Å². The highest BCUT2D eigenvalue weighted by Gasteiger charge is 2.21. The van der Waals surface area contributed by atoms with Crippen molar-refractivity contribution in [1.29, 1.82) is 0 Å². The van der Waals surface area contributed by atoms with Crippen LogP contribution in [-0.2, 0) is 22.9 Å². The maximum Gasteiger partial charge on any atom is 0.257 e. The second-order valence-corrected chi connectivity index (χ2v) is 9.50. The smallest absolute Gasteiger partial charge is 0.257 e. The summed E-state index contributed by atoms with van der Waals surface area (Å²) >= 11 is 7.48. The van der Waals surface area contributed by atoms with Crippen molar-refractivity contribution in [3.63, 3.8) is 0 Å². The maximum atomic E-state index is 12.5. The summed E-state index contributed by atoms with van der Waals surface area (Å²) in [5.41, 5.74) is 1.54. The van der Waals surface area contributed by atoms with E-state index in [4.69, 9.17) is 11.6 Å². The van der Waals surface area contributed by atoms with Crippen LogP contribution >= 0.6 is 22.9 Å². The van der Waals surface area contributed by atoms with Crippen LogP contribution in [-0.4, -0.2) is 25.6 Å². The zero-order valence-electron chi connectivity index (χ0n) is 13.8. The Morgan fingerprint density at radius 2 is 2.16 bits per heavy atom. The van der Waals surface area contributed by atoms with E-state index in [1.807, 2.05) is 0 Å². The van der Waals surface area contributed by atoms with E-state index in [1.165, 1.54) is 28.3 Å². The van der Waals surface area contributed by atoms with Crippen LogP contribution < -0.4 is 10.0 Å². The molecule has 0 saturated heterocycles. The van der Waals surface area contributed by atoms with Gasteiger partial charge in [-0.2, -0.15) is 0 Å². The molecule has 134 valence electrons. The summed E-state index contributed by atoms with van der Waals surface area (Å²) in [6.45, 7) is 2.21. The van der Waals surface area contributed by atoms with Crippen LogP contribution in [0.4, 0.5) is 10.8 Å². The number of sulfonamides is 1. The summed E-state index contributed by atoms with van der Waals surface area (Å²) < 4.78 is 25.1. The van der Waals surface area contributed by atoms with E-state index >= 15 is 0 Å². The van der Waals surface area contributed by atoms with E-state index in [0.29, 0.717) is 16.6 Å². The molecular formula is C16H18ClN3O3S2. The van der Waals surface area contributed by atoms with Crippen molar-refractivity contribution in [2.45, 2.75) is 26.2 Å². The molecule has 0 fully saturated rings. The van der Waals surface area contributed by atoms with Crippen LogP contribution in [0.5, 0.6) is 0 Å². The van der Waals surface area contributed by atoms with Gasteiger partial charge in [0.1, 0.15) is 0 Å². The lowest BCUT2D eigenvalue weighted by Crippen LogP contribution is -2.14. The molecule has 1 unspecified atom stereocenters. The van der Waals surface area contributed by atoms with E-state index in [2.05, 4.69) is 21.9 Å². The van der Waals surface area contributed by atoms with Gasteiger partial charge in [0.05, 0.1) is 22.7 Å². The molecule has 0 spiro atoms. The number of benzene rings is 1. The number of nitrogens with zero attached hydrogens (tertiary/aromatic N) is 1. The molecule has 9 heteroatoms. The summed E-state index contributed by atoms with van der Waals surface area (Å²) in [5, 5.41) is 3.58. The lowest BCUT2D eigenvalue weighted by Gasteiger charge is -2.15. The number of aryl methyl sites for hydroxylation is 1. The molecule has 1 atom stereocenters. The van der Waals surface area contributed by atoms with Crippen LogP contribution in [0.1, 0.15) is 34.3 Å². The third kappa shape index (κ3) is 4.50. The molecule has 0 saturated carbocycles. The highest BCUT2D eigenvalue weighted by Crippen LogP contribution is 2.32. The Bertz CT molecular complexity index is 925. The van der Waals surface area contributed by atoms with E-state index in [1.54, 1.807) is 6.07 Å². The van der Waals surface area contributed by atoms with E-state index in [0.717, 1.165) is 31.2 Å². The van der Waals surface area contributed by atoms with E-state index in [9.17, 15) is 13.2 Å². The fourth-order valence-electron chi connectivity index (χ4n) is 2.71. The highest BCUT2D eigenvalue weighted by atomic mass is 35.5. The Hall–Kier alpha value is -1.64. The number of anilines is 2. The summed E-state index contributed by atoms with van der Waals surface area (Å²) in [5.74, 6) is 0.282. The average molecular weight is 400 g/mol. The molecule has 3 rings (SSSR count). The predicted molar refractivity (Wildman–Crippen MR) is 101 cm³/mol. The number of nitrogens with one attached hydrogen (secondary N) is 2. The SMILES string of the molecule is CC1CCc2nc(NC(=O)c3ccc(Cl)c(NS(C)(=O)=O)c3)sc2C1. The lowest BCUT2D eigenvalue weighted by atomic mass is 9.93. The number of halogens is 1. The molecule has 6 nitrogen and oxygen atoms in total. The number of aromatic nitrogens is 1. The van der Waals surface area contributed by atoms with Gasteiger partial charge in [0.2, 0.25) is 10.0 Å². The van der Waals surface area contributed by atoms with Gasteiger partial charge in [0.15, 0.2) is 5.13 Å². The molecule has 1 aliphatic carbocycles. The van der Waals surface area contributed by atoms with Gasteiger partial charge in [-0.15, -0.1) is 11.3 Å². The number of carbonyl (C=O) groups excluding carboxylic acids is 1. The Labute approximate surface area is 155 Å². The molecule has 25 heavy (non-hydrogen) atoms. The second kappa shape index (κ2) is 6.93. The molecule has 0 radical (unpaired) electrons. The first-order valence-electron chi connectivity index (χ1n) is 7.78. The average Bonchev–Trinajstić information content (AvgIpc) is 2.89. The van der Waals surface area contributed by atoms with Crippen molar-refractivity contribution in [1.82, 2.24) is 4.98 Å². The van der Waals surface area contributed by atoms with E-state index < -0.39 is 10.0 Å². The van der Waals surface area contributed by atoms with Crippen LogP contribution in [0.15, 0.2) is 18.2 Å². The number of fused-ring (bicyclic) bond motifs is 1. The van der Waals surface area contributed by atoms with Gasteiger partial charge in [-0.05, 0) is 43.4 Å². The maximum absolute atomic E-state index is 12.5. The van der Waals surface area contributed by atoms with Gasteiger partial charge in [-0.25, -0.2) is 13.4 Å². The topological polar surface area (TPSA) is 88.2 Å². The molecule has 2 aromatic rings. The standard InChI is InChI=1S/C16H18ClN3O3S2/c1-9-3-6-12-14(7-9)24-16(18-12)19-15(21)10-4-5-11(17)13(8-10)20-25(2,22)23/h4-5,8-9,20H,3,6-7H2,1-2H3,(H,18,19,21). The largest absolute Gasteiger partial charge is 0.298 e. The second-order valence-electron chi connectivity index (χ2n) is 6.26. The van der Waals surface area contributed by atoms with Gasteiger partial charge in [-0.1, -0.05) is 18.5 Å². The molecular weight excluding hydrogens is 382 g/mol. The van der Waals surface area contributed by atoms with Crippen molar-refractivity contribution < 1.29 is 13.2 Å². The van der Waals surface area contributed by atoms with Crippen molar-refractivity contribution in [3.8, 4) is 0 Å². The molecule has 1 aliphatic rings. The minimum Gasteiger partial charge on any atom is -0.298 e. The van der Waals surface area contributed by atoms with E-state index in [-0.39, 0.29) is 16.6 Å². The number of thiazole rings is 1. The number of carbonyl (C=O) groups is 1. The summed E-state index contributed by atoms with van der Waals surface area (Å²) in [6.07, 6.45) is 4.07. The first-order valence-corrected chi connectivity index (χ1v) is 10.9. The highest BCUT2D eigenvalue weighted by molar-refractivity contribution is 7.92. The van der Waals surface area contributed by atoms with Crippen LogP contribution in [0.25, 0.3) is 0 Å². The van der Waals surface area contributed by atoms with Crippen molar-refractivity contribution in [2.75, 3.05) is 16.3 Å². The Morgan fingerprint density at radius 1 is 1.40 bits per heavy atom. The normalized spacial score (nSPS) is 17.0. The van der Waals surface area contributed by atoms with Crippen LogP contribution in [0, 0.1) is 5.92 Å². The molecule has 2 N–H and O–H groups in total. The van der Waals surface area contributed by atoms with Crippen LogP contribution in [0.3, 0.4) is 0 Å². The van der Waals surface area contributed by atoms with Gasteiger partial charge in [-0.3, -0.25) is 14.8 Å². The minimum absolute atomic E-state index is 0.170. The Morgan fingerprint density at radius 3 is 2.88 bits per heavy atom. The molecule has 1 heterocycles. The molecule has 1 amide bonds. The molecule has 0 aliphatic heterocycles. The summed E-state index contributed by atoms with van der Waals surface area (Å²) in [4.78, 5) is 18.2. The number of hydrogen-bond acceptors (Lipinski definition) is 5. The Kier molecular flexibility index (Phi) is 5.04. The lowest BCUT2D eigenvalue weighted by molar-refractivity contribution is 0.102. The third-order valence-corrected chi connectivity index (χ3v) is 5.89. The van der Waals surface area contributed by atoms with Crippen molar-refractivity contribution >= 4 is 49.7 Å². The minimum atomic E-state index is -3.48. The van der Waals surface area contributed by atoms with Gasteiger partial charge < -0.3 is 0 Å². The molecule has 0 bridgehead atoms. The third-order valence-electron chi connectivity index (χ3n) is 3.93.